The maximum atomic E-state index is 12.8. The van der Waals surface area contributed by atoms with Gasteiger partial charge in [0.25, 0.3) is 0 Å². The van der Waals surface area contributed by atoms with Gasteiger partial charge in [0.1, 0.15) is 5.75 Å². The maximum absolute atomic E-state index is 12.8. The zero-order valence-electron chi connectivity index (χ0n) is 11.3. The van der Waals surface area contributed by atoms with Crippen molar-refractivity contribution in [3.63, 3.8) is 0 Å². The molecule has 21 heavy (non-hydrogen) atoms. The Balaban J connectivity index is 2.17. The first-order chi connectivity index (χ1) is 10.1. The van der Waals surface area contributed by atoms with Gasteiger partial charge >= 0.3 is 0 Å². The number of aromatic nitrogens is 1. The third-order valence-corrected chi connectivity index (χ3v) is 3.85. The highest BCUT2D eigenvalue weighted by Gasteiger charge is 2.18. The largest absolute Gasteiger partial charge is 0.496 e. The van der Waals surface area contributed by atoms with E-state index < -0.39 is 0 Å². The number of ether oxygens (including phenoxy) is 1. The van der Waals surface area contributed by atoms with Crippen LogP contribution in [-0.4, -0.2) is 17.9 Å². The van der Waals surface area contributed by atoms with Crippen LogP contribution in [0.1, 0.15) is 15.9 Å². The molecule has 1 aromatic heterocycles. The van der Waals surface area contributed by atoms with E-state index in [2.05, 4.69) is 20.9 Å². The molecule has 0 fully saturated rings. The number of rotatable bonds is 3. The summed E-state index contributed by atoms with van der Waals surface area (Å²) >= 11 is 3.43. The van der Waals surface area contributed by atoms with Gasteiger partial charge in [0, 0.05) is 32.8 Å². The van der Waals surface area contributed by atoms with Gasteiger partial charge in [0.15, 0.2) is 5.78 Å². The molecule has 106 valence electrons. The summed E-state index contributed by atoms with van der Waals surface area (Å²) in [6, 6.07) is 10.8. The average molecular weight is 345 g/mol. The number of methoxy groups -OCH3 is 1. The predicted molar refractivity (Wildman–Crippen MR) is 86.8 cm³/mol. The van der Waals surface area contributed by atoms with Crippen LogP contribution < -0.4 is 10.5 Å². The molecule has 0 amide bonds. The van der Waals surface area contributed by atoms with Crippen LogP contribution in [0.15, 0.2) is 47.1 Å². The van der Waals surface area contributed by atoms with Crippen LogP contribution >= 0.6 is 15.9 Å². The van der Waals surface area contributed by atoms with E-state index in [1.807, 2.05) is 18.2 Å². The number of aromatic amines is 1. The zero-order valence-corrected chi connectivity index (χ0v) is 12.9. The SMILES string of the molecule is COc1ccc(N)cc1C(=O)c1c[nH]c2ccc(Br)cc12. The van der Waals surface area contributed by atoms with Crippen LogP contribution in [0.4, 0.5) is 5.69 Å². The summed E-state index contributed by atoms with van der Waals surface area (Å²) in [6.45, 7) is 0. The molecule has 0 atom stereocenters. The van der Waals surface area contributed by atoms with Gasteiger partial charge in [-0.3, -0.25) is 4.79 Å². The molecule has 0 saturated carbocycles. The summed E-state index contributed by atoms with van der Waals surface area (Å²) in [5, 5.41) is 0.860. The van der Waals surface area contributed by atoms with Gasteiger partial charge in [-0.05, 0) is 36.4 Å². The molecule has 3 rings (SSSR count). The minimum atomic E-state index is -0.122. The first-order valence-corrected chi connectivity index (χ1v) is 7.14. The molecule has 2 aromatic carbocycles. The molecule has 0 radical (unpaired) electrons. The zero-order chi connectivity index (χ0) is 15.0. The van der Waals surface area contributed by atoms with E-state index in [9.17, 15) is 4.79 Å². The molecular weight excluding hydrogens is 332 g/mol. The summed E-state index contributed by atoms with van der Waals surface area (Å²) in [4.78, 5) is 15.9. The summed E-state index contributed by atoms with van der Waals surface area (Å²) in [5.41, 5.74) is 8.27. The quantitative estimate of drug-likeness (QED) is 0.561. The lowest BCUT2D eigenvalue weighted by molar-refractivity contribution is 0.103. The third kappa shape index (κ3) is 2.40. The number of ketones is 1. The van der Waals surface area contributed by atoms with Crippen molar-refractivity contribution in [3.05, 3.63) is 58.2 Å². The number of halogens is 1. The number of carbonyl (C=O) groups is 1. The molecule has 0 bridgehead atoms. The normalized spacial score (nSPS) is 10.8. The Morgan fingerprint density at radius 1 is 1.19 bits per heavy atom. The number of anilines is 1. The molecule has 3 aromatic rings. The van der Waals surface area contributed by atoms with Crippen LogP contribution in [0.3, 0.4) is 0 Å². The summed E-state index contributed by atoms with van der Waals surface area (Å²) in [5.74, 6) is 0.391. The predicted octanol–water partition coefficient (Wildman–Crippen LogP) is 3.75. The average Bonchev–Trinajstić information content (AvgIpc) is 2.89. The summed E-state index contributed by atoms with van der Waals surface area (Å²) < 4.78 is 6.18. The van der Waals surface area contributed by atoms with Gasteiger partial charge in [0.2, 0.25) is 0 Å². The highest BCUT2D eigenvalue weighted by molar-refractivity contribution is 9.10. The molecule has 1 heterocycles. The van der Waals surface area contributed by atoms with Gasteiger partial charge in [-0.1, -0.05) is 15.9 Å². The minimum Gasteiger partial charge on any atom is -0.496 e. The van der Waals surface area contributed by atoms with Gasteiger partial charge in [-0.15, -0.1) is 0 Å². The third-order valence-electron chi connectivity index (χ3n) is 3.36. The molecule has 0 spiro atoms. The fraction of sp³-hybridized carbons (Fsp3) is 0.0625. The Morgan fingerprint density at radius 2 is 2.00 bits per heavy atom. The lowest BCUT2D eigenvalue weighted by Crippen LogP contribution is -2.04. The topological polar surface area (TPSA) is 68.1 Å². The van der Waals surface area contributed by atoms with Gasteiger partial charge in [-0.25, -0.2) is 0 Å². The van der Waals surface area contributed by atoms with Crippen molar-refractivity contribution in [3.8, 4) is 5.75 Å². The number of nitrogens with two attached hydrogens (primary N) is 1. The van der Waals surface area contributed by atoms with Crippen LogP contribution in [0.2, 0.25) is 0 Å². The maximum Gasteiger partial charge on any atom is 0.198 e. The Bertz CT molecular complexity index is 839. The second-order valence-electron chi connectivity index (χ2n) is 4.68. The van der Waals surface area contributed by atoms with E-state index in [-0.39, 0.29) is 5.78 Å². The Hall–Kier alpha value is -2.27. The smallest absolute Gasteiger partial charge is 0.198 e. The van der Waals surface area contributed by atoms with E-state index in [4.69, 9.17) is 10.5 Å². The van der Waals surface area contributed by atoms with E-state index in [0.717, 1.165) is 15.4 Å². The van der Waals surface area contributed by atoms with Gasteiger partial charge in [-0.2, -0.15) is 0 Å². The van der Waals surface area contributed by atoms with Crippen LogP contribution in [0.5, 0.6) is 5.75 Å². The van der Waals surface area contributed by atoms with Crippen molar-refractivity contribution in [2.75, 3.05) is 12.8 Å². The number of nitrogens with one attached hydrogen (secondary N) is 1. The Kier molecular flexibility index (Phi) is 3.43. The van der Waals surface area contributed by atoms with Crippen LogP contribution in [0, 0.1) is 0 Å². The highest BCUT2D eigenvalue weighted by atomic mass is 79.9. The second kappa shape index (κ2) is 5.26. The number of hydrogen-bond donors (Lipinski definition) is 2. The summed E-state index contributed by atoms with van der Waals surface area (Å²) in [7, 11) is 1.54. The fourth-order valence-electron chi connectivity index (χ4n) is 2.33. The summed E-state index contributed by atoms with van der Waals surface area (Å²) in [6.07, 6.45) is 1.71. The first kappa shape index (κ1) is 13.7. The van der Waals surface area contributed by atoms with E-state index in [0.29, 0.717) is 22.6 Å². The van der Waals surface area contributed by atoms with Crippen LogP contribution in [0.25, 0.3) is 10.9 Å². The first-order valence-electron chi connectivity index (χ1n) is 6.35. The van der Waals surface area contributed by atoms with Crippen molar-refractivity contribution in [1.29, 1.82) is 0 Å². The molecule has 0 aliphatic carbocycles. The molecule has 0 aliphatic rings. The molecule has 4 nitrogen and oxygen atoms in total. The molecule has 0 unspecified atom stereocenters. The van der Waals surface area contributed by atoms with E-state index >= 15 is 0 Å². The van der Waals surface area contributed by atoms with Crippen molar-refractivity contribution in [1.82, 2.24) is 4.98 Å². The molecule has 3 N–H and O–H groups in total. The van der Waals surface area contributed by atoms with Gasteiger partial charge in [0.05, 0.1) is 12.7 Å². The Labute approximate surface area is 130 Å². The number of carbonyl (C=O) groups excluding carboxylic acids is 1. The molecule has 0 saturated heterocycles. The Morgan fingerprint density at radius 3 is 2.76 bits per heavy atom. The number of H-pyrrole nitrogens is 1. The lowest BCUT2D eigenvalue weighted by atomic mass is 10.0. The lowest BCUT2D eigenvalue weighted by Gasteiger charge is -2.08. The van der Waals surface area contributed by atoms with Gasteiger partial charge < -0.3 is 15.5 Å². The van der Waals surface area contributed by atoms with Crippen molar-refractivity contribution >= 4 is 38.3 Å². The molecule has 0 aliphatic heterocycles. The van der Waals surface area contributed by atoms with Crippen molar-refractivity contribution < 1.29 is 9.53 Å². The number of benzene rings is 2. The van der Waals surface area contributed by atoms with E-state index in [1.165, 1.54) is 7.11 Å². The fourth-order valence-corrected chi connectivity index (χ4v) is 2.69. The standard InChI is InChI=1S/C16H13BrN2O2/c1-21-15-5-3-10(18)7-12(15)16(20)13-8-19-14-4-2-9(17)6-11(13)14/h2-8,19H,18H2,1H3. The number of nitrogen functional groups attached to an aromatic ring is 1. The molecule has 5 heteroatoms. The van der Waals surface area contributed by atoms with Crippen molar-refractivity contribution in [2.24, 2.45) is 0 Å². The van der Waals surface area contributed by atoms with Crippen LogP contribution in [-0.2, 0) is 0 Å². The monoisotopic (exact) mass is 344 g/mol. The minimum absolute atomic E-state index is 0.122. The molecular formula is C16H13BrN2O2. The second-order valence-corrected chi connectivity index (χ2v) is 5.60. The van der Waals surface area contributed by atoms with E-state index in [1.54, 1.807) is 24.4 Å². The number of hydrogen-bond acceptors (Lipinski definition) is 3. The highest BCUT2D eigenvalue weighted by Crippen LogP contribution is 2.28. The van der Waals surface area contributed by atoms with Crippen molar-refractivity contribution in [2.45, 2.75) is 0 Å². The number of fused-ring (bicyclic) bond motifs is 1.